The fraction of sp³-hybridized carbons (Fsp3) is 0.333. The number of ether oxygens (including phenoxy) is 1. The average Bonchev–Trinajstić information content (AvgIpc) is 2.19. The average molecular weight is 248 g/mol. The third-order valence-corrected chi connectivity index (χ3v) is 2.97. The van der Waals surface area contributed by atoms with Gasteiger partial charge in [-0.25, -0.2) is 9.53 Å². The van der Waals surface area contributed by atoms with Gasteiger partial charge in [0.05, 0.1) is 0 Å². The molecule has 0 aliphatic heterocycles. The van der Waals surface area contributed by atoms with Crippen molar-refractivity contribution in [3.63, 3.8) is 0 Å². The van der Waals surface area contributed by atoms with Crippen molar-refractivity contribution >= 4 is 10.2 Å². The smallest absolute Gasteiger partial charge is 0.276 e. The largest absolute Gasteiger partial charge is 0.492 e. The number of halogens is 1. The standard InChI is InChI=1S/C9H13FN2O3S/c1-12(16(11,13)14)6-7-15-9-4-2-8(10)3-5-9/h2-5H,6-7H2,1H3,(H2,11,13,14). The Kier molecular flexibility index (Phi) is 4.22. The van der Waals surface area contributed by atoms with Crippen LogP contribution in [0, 0.1) is 5.82 Å². The van der Waals surface area contributed by atoms with Crippen LogP contribution in [-0.2, 0) is 10.2 Å². The van der Waals surface area contributed by atoms with Crippen LogP contribution in [0.2, 0.25) is 0 Å². The van der Waals surface area contributed by atoms with E-state index in [-0.39, 0.29) is 19.0 Å². The molecule has 0 aliphatic rings. The summed E-state index contributed by atoms with van der Waals surface area (Å²) in [7, 11) is -2.32. The van der Waals surface area contributed by atoms with E-state index < -0.39 is 10.2 Å². The van der Waals surface area contributed by atoms with Gasteiger partial charge in [-0.05, 0) is 24.3 Å². The molecule has 90 valence electrons. The van der Waals surface area contributed by atoms with Gasteiger partial charge in [-0.15, -0.1) is 0 Å². The maximum Gasteiger partial charge on any atom is 0.276 e. The highest BCUT2D eigenvalue weighted by Crippen LogP contribution is 2.10. The third-order valence-electron chi connectivity index (χ3n) is 1.92. The van der Waals surface area contributed by atoms with Crippen molar-refractivity contribution in [1.82, 2.24) is 4.31 Å². The molecule has 0 radical (unpaired) electrons. The number of hydrogen-bond donors (Lipinski definition) is 1. The fourth-order valence-electron chi connectivity index (χ4n) is 0.950. The molecule has 0 saturated heterocycles. The van der Waals surface area contributed by atoms with Gasteiger partial charge in [0.15, 0.2) is 0 Å². The van der Waals surface area contributed by atoms with Crippen LogP contribution in [-0.4, -0.2) is 32.9 Å². The quantitative estimate of drug-likeness (QED) is 0.816. The predicted octanol–water partition coefficient (Wildman–Crippen LogP) is 0.340. The van der Waals surface area contributed by atoms with Crippen LogP contribution >= 0.6 is 0 Å². The number of benzene rings is 1. The van der Waals surface area contributed by atoms with E-state index in [1.165, 1.54) is 31.3 Å². The zero-order chi connectivity index (χ0) is 12.2. The van der Waals surface area contributed by atoms with E-state index in [0.717, 1.165) is 4.31 Å². The zero-order valence-electron chi connectivity index (χ0n) is 8.76. The van der Waals surface area contributed by atoms with Gasteiger partial charge in [-0.1, -0.05) is 0 Å². The second-order valence-electron chi connectivity index (χ2n) is 3.17. The monoisotopic (exact) mass is 248 g/mol. The molecule has 0 aromatic heterocycles. The van der Waals surface area contributed by atoms with Gasteiger partial charge < -0.3 is 4.74 Å². The summed E-state index contributed by atoms with van der Waals surface area (Å²) in [5.41, 5.74) is 0. The molecule has 0 heterocycles. The molecule has 7 heteroatoms. The Bertz CT molecular complexity index is 433. The maximum absolute atomic E-state index is 12.5. The summed E-state index contributed by atoms with van der Waals surface area (Å²) in [6.07, 6.45) is 0. The molecule has 0 unspecified atom stereocenters. The van der Waals surface area contributed by atoms with Gasteiger partial charge >= 0.3 is 0 Å². The van der Waals surface area contributed by atoms with Crippen LogP contribution < -0.4 is 9.88 Å². The van der Waals surface area contributed by atoms with Crippen LogP contribution in [0.1, 0.15) is 0 Å². The minimum Gasteiger partial charge on any atom is -0.492 e. The van der Waals surface area contributed by atoms with Crippen molar-refractivity contribution in [2.24, 2.45) is 5.14 Å². The van der Waals surface area contributed by atoms with Gasteiger partial charge in [0, 0.05) is 13.6 Å². The summed E-state index contributed by atoms with van der Waals surface area (Å²) in [5, 5.41) is 4.87. The Morgan fingerprint density at radius 3 is 2.44 bits per heavy atom. The van der Waals surface area contributed by atoms with Crippen LogP contribution in [0.3, 0.4) is 0 Å². The number of nitrogens with zero attached hydrogens (tertiary/aromatic N) is 1. The lowest BCUT2D eigenvalue weighted by molar-refractivity contribution is 0.286. The van der Waals surface area contributed by atoms with Gasteiger partial charge in [-0.2, -0.15) is 12.7 Å². The fourth-order valence-corrected chi connectivity index (χ4v) is 1.28. The molecule has 0 fully saturated rings. The van der Waals surface area contributed by atoms with E-state index in [4.69, 9.17) is 9.88 Å². The Labute approximate surface area is 93.8 Å². The first kappa shape index (κ1) is 12.9. The highest BCUT2D eigenvalue weighted by molar-refractivity contribution is 7.86. The summed E-state index contributed by atoms with van der Waals surface area (Å²) in [6.45, 7) is 0.286. The Balaban J connectivity index is 2.39. The van der Waals surface area contributed by atoms with Crippen molar-refractivity contribution < 1.29 is 17.5 Å². The van der Waals surface area contributed by atoms with Gasteiger partial charge in [-0.3, -0.25) is 0 Å². The Hall–Kier alpha value is -1.18. The number of rotatable bonds is 5. The molecule has 0 atom stereocenters. The molecule has 0 saturated carbocycles. The third kappa shape index (κ3) is 4.13. The van der Waals surface area contributed by atoms with Crippen molar-refractivity contribution in [2.75, 3.05) is 20.2 Å². The van der Waals surface area contributed by atoms with E-state index in [1.807, 2.05) is 0 Å². The minimum absolute atomic E-state index is 0.135. The number of nitrogens with two attached hydrogens (primary N) is 1. The first-order valence-corrected chi connectivity index (χ1v) is 6.02. The highest BCUT2D eigenvalue weighted by Gasteiger charge is 2.10. The molecule has 0 spiro atoms. The molecule has 1 rings (SSSR count). The molecule has 5 nitrogen and oxygen atoms in total. The van der Waals surface area contributed by atoms with Crippen molar-refractivity contribution in [3.8, 4) is 5.75 Å². The molecule has 0 aliphatic carbocycles. The van der Waals surface area contributed by atoms with Crippen molar-refractivity contribution in [2.45, 2.75) is 0 Å². The molecule has 0 amide bonds. The molecule has 16 heavy (non-hydrogen) atoms. The highest BCUT2D eigenvalue weighted by atomic mass is 32.2. The Morgan fingerprint density at radius 2 is 1.94 bits per heavy atom. The van der Waals surface area contributed by atoms with E-state index in [9.17, 15) is 12.8 Å². The van der Waals surface area contributed by atoms with Crippen LogP contribution in [0.25, 0.3) is 0 Å². The zero-order valence-corrected chi connectivity index (χ0v) is 9.58. The van der Waals surface area contributed by atoms with Crippen LogP contribution in [0.5, 0.6) is 5.75 Å². The number of likely N-dealkylation sites (N-methyl/N-ethyl adjacent to an activating group) is 1. The second kappa shape index (κ2) is 5.24. The lowest BCUT2D eigenvalue weighted by Gasteiger charge is -2.13. The molecular weight excluding hydrogens is 235 g/mol. The van der Waals surface area contributed by atoms with E-state index >= 15 is 0 Å². The SMILES string of the molecule is CN(CCOc1ccc(F)cc1)S(N)(=O)=O. The topological polar surface area (TPSA) is 72.6 Å². The summed E-state index contributed by atoms with van der Waals surface area (Å²) < 4.78 is 40.3. The summed E-state index contributed by atoms with van der Waals surface area (Å²) in [6, 6.07) is 5.45. The number of hydrogen-bond acceptors (Lipinski definition) is 3. The molecule has 2 N–H and O–H groups in total. The molecular formula is C9H13FN2O3S. The van der Waals surface area contributed by atoms with E-state index in [0.29, 0.717) is 5.75 Å². The minimum atomic E-state index is -3.67. The summed E-state index contributed by atoms with van der Waals surface area (Å²) in [5.74, 6) is 0.123. The lowest BCUT2D eigenvalue weighted by Crippen LogP contribution is -2.36. The van der Waals surface area contributed by atoms with Crippen molar-refractivity contribution in [1.29, 1.82) is 0 Å². The molecule has 0 bridgehead atoms. The van der Waals surface area contributed by atoms with Gasteiger partial charge in [0.2, 0.25) is 0 Å². The summed E-state index contributed by atoms with van der Waals surface area (Å²) >= 11 is 0. The maximum atomic E-state index is 12.5. The normalized spacial score (nSPS) is 11.8. The second-order valence-corrected chi connectivity index (χ2v) is 4.82. The van der Waals surface area contributed by atoms with Crippen molar-refractivity contribution in [3.05, 3.63) is 30.1 Å². The molecule has 1 aromatic rings. The Morgan fingerprint density at radius 1 is 1.38 bits per heavy atom. The van der Waals surface area contributed by atoms with Gasteiger partial charge in [0.25, 0.3) is 10.2 Å². The first-order chi connectivity index (χ1) is 7.39. The van der Waals surface area contributed by atoms with Crippen LogP contribution in [0.15, 0.2) is 24.3 Å². The summed E-state index contributed by atoms with van der Waals surface area (Å²) in [4.78, 5) is 0. The van der Waals surface area contributed by atoms with Gasteiger partial charge in [0.1, 0.15) is 18.2 Å². The first-order valence-electron chi connectivity index (χ1n) is 4.52. The lowest BCUT2D eigenvalue weighted by atomic mass is 10.3. The van der Waals surface area contributed by atoms with Crippen LogP contribution in [0.4, 0.5) is 4.39 Å². The predicted molar refractivity (Wildman–Crippen MR) is 57.6 cm³/mol. The van der Waals surface area contributed by atoms with E-state index in [2.05, 4.69) is 0 Å². The molecule has 1 aromatic carbocycles. The van der Waals surface area contributed by atoms with E-state index in [1.54, 1.807) is 0 Å².